The molecule has 0 N–H and O–H groups in total. The molecule has 0 radical (unpaired) electrons. The standard InChI is InChI=1S/C13H13N/c1-3-7-12(8-4-1)11-13-9-5-2-6-10-14-13/h1-8,10H,9,11H2. The fourth-order valence-corrected chi connectivity index (χ4v) is 1.48. The van der Waals surface area contributed by atoms with E-state index < -0.39 is 0 Å². The zero-order chi connectivity index (χ0) is 9.64. The van der Waals surface area contributed by atoms with E-state index in [9.17, 15) is 0 Å². The minimum absolute atomic E-state index is 0.954. The summed E-state index contributed by atoms with van der Waals surface area (Å²) in [5.74, 6) is 0. The van der Waals surface area contributed by atoms with Crippen molar-refractivity contribution in [3.63, 3.8) is 0 Å². The van der Waals surface area contributed by atoms with Crippen molar-refractivity contribution < 1.29 is 0 Å². The van der Waals surface area contributed by atoms with E-state index in [1.807, 2.05) is 24.4 Å². The third kappa shape index (κ3) is 2.43. The summed E-state index contributed by atoms with van der Waals surface area (Å²) in [6.45, 7) is 0. The Balaban J connectivity index is 2.08. The molecule has 0 saturated carbocycles. The molecule has 1 aliphatic heterocycles. The number of hydrogen-bond donors (Lipinski definition) is 0. The molecule has 0 spiro atoms. The smallest absolute Gasteiger partial charge is 0.0267 e. The van der Waals surface area contributed by atoms with Crippen LogP contribution in [0.4, 0.5) is 0 Å². The van der Waals surface area contributed by atoms with Crippen molar-refractivity contribution in [2.45, 2.75) is 12.8 Å². The summed E-state index contributed by atoms with van der Waals surface area (Å²) in [5, 5.41) is 0. The highest BCUT2D eigenvalue weighted by atomic mass is 14.7. The Bertz CT molecular complexity index is 371. The van der Waals surface area contributed by atoms with Crippen molar-refractivity contribution in [1.82, 2.24) is 0 Å². The molecule has 1 aromatic carbocycles. The first-order valence-electron chi connectivity index (χ1n) is 4.86. The molecule has 0 atom stereocenters. The lowest BCUT2D eigenvalue weighted by molar-refractivity contribution is 1.24. The van der Waals surface area contributed by atoms with Gasteiger partial charge in [0.2, 0.25) is 0 Å². The topological polar surface area (TPSA) is 12.4 Å². The van der Waals surface area contributed by atoms with Gasteiger partial charge in [-0.25, -0.2) is 0 Å². The lowest BCUT2D eigenvalue weighted by Crippen LogP contribution is -2.00. The minimum Gasteiger partial charge on any atom is -0.265 e. The molecule has 0 amide bonds. The van der Waals surface area contributed by atoms with Crippen molar-refractivity contribution in [3.8, 4) is 0 Å². The number of allylic oxidation sites excluding steroid dienone is 3. The Morgan fingerprint density at radius 2 is 1.93 bits per heavy atom. The van der Waals surface area contributed by atoms with E-state index in [2.05, 4.69) is 35.3 Å². The van der Waals surface area contributed by atoms with Crippen LogP contribution in [0, 0.1) is 0 Å². The van der Waals surface area contributed by atoms with E-state index in [1.165, 1.54) is 11.3 Å². The normalized spacial score (nSPS) is 15.0. The van der Waals surface area contributed by atoms with Crippen LogP contribution in [0.3, 0.4) is 0 Å². The van der Waals surface area contributed by atoms with Crippen molar-refractivity contribution >= 4 is 5.71 Å². The Morgan fingerprint density at radius 1 is 1.07 bits per heavy atom. The lowest BCUT2D eigenvalue weighted by atomic mass is 10.1. The van der Waals surface area contributed by atoms with Crippen LogP contribution in [0.15, 0.2) is 59.8 Å². The third-order valence-corrected chi connectivity index (χ3v) is 2.19. The summed E-state index contributed by atoms with van der Waals surface area (Å²) in [4.78, 5) is 4.39. The van der Waals surface area contributed by atoms with E-state index in [1.54, 1.807) is 0 Å². The molecule has 0 aromatic heterocycles. The highest BCUT2D eigenvalue weighted by Gasteiger charge is 1.99. The van der Waals surface area contributed by atoms with E-state index in [-0.39, 0.29) is 0 Å². The van der Waals surface area contributed by atoms with Crippen LogP contribution in [-0.4, -0.2) is 5.71 Å². The maximum atomic E-state index is 4.39. The predicted octanol–water partition coefficient (Wildman–Crippen LogP) is 3.14. The van der Waals surface area contributed by atoms with Gasteiger partial charge in [0.15, 0.2) is 0 Å². The number of aliphatic imine (C=N–C) groups is 1. The summed E-state index contributed by atoms with van der Waals surface area (Å²) >= 11 is 0. The number of hydrogen-bond acceptors (Lipinski definition) is 1. The van der Waals surface area contributed by atoms with Gasteiger partial charge < -0.3 is 0 Å². The van der Waals surface area contributed by atoms with Crippen LogP contribution < -0.4 is 0 Å². The van der Waals surface area contributed by atoms with Crippen LogP contribution in [-0.2, 0) is 6.42 Å². The lowest BCUT2D eigenvalue weighted by Gasteiger charge is -2.01. The van der Waals surface area contributed by atoms with Crippen LogP contribution in [0.2, 0.25) is 0 Å². The number of nitrogens with zero attached hydrogens (tertiary/aromatic N) is 1. The summed E-state index contributed by atoms with van der Waals surface area (Å²) in [6, 6.07) is 10.5. The van der Waals surface area contributed by atoms with Gasteiger partial charge in [-0.1, -0.05) is 42.5 Å². The van der Waals surface area contributed by atoms with Gasteiger partial charge in [-0.2, -0.15) is 0 Å². The molecule has 0 saturated heterocycles. The van der Waals surface area contributed by atoms with Crippen LogP contribution in [0.5, 0.6) is 0 Å². The van der Waals surface area contributed by atoms with Gasteiger partial charge in [-0.05, 0) is 11.6 Å². The van der Waals surface area contributed by atoms with Gasteiger partial charge in [0, 0.05) is 24.8 Å². The Hall–Kier alpha value is -1.63. The molecule has 1 heteroatoms. The molecular weight excluding hydrogens is 170 g/mol. The van der Waals surface area contributed by atoms with Crippen molar-refractivity contribution in [2.24, 2.45) is 4.99 Å². The first-order chi connectivity index (χ1) is 6.95. The van der Waals surface area contributed by atoms with Crippen molar-refractivity contribution in [3.05, 3.63) is 60.3 Å². The molecular formula is C13H13N. The molecule has 1 aliphatic rings. The summed E-state index contributed by atoms with van der Waals surface area (Å²) in [6.07, 6.45) is 9.93. The highest BCUT2D eigenvalue weighted by molar-refractivity contribution is 5.88. The maximum Gasteiger partial charge on any atom is 0.0267 e. The molecule has 70 valence electrons. The molecule has 0 aliphatic carbocycles. The third-order valence-electron chi connectivity index (χ3n) is 2.19. The van der Waals surface area contributed by atoms with Gasteiger partial charge in [0.25, 0.3) is 0 Å². The zero-order valence-electron chi connectivity index (χ0n) is 8.06. The molecule has 0 unspecified atom stereocenters. The quantitative estimate of drug-likeness (QED) is 0.668. The van der Waals surface area contributed by atoms with Gasteiger partial charge in [-0.3, -0.25) is 4.99 Å². The minimum atomic E-state index is 0.954. The van der Waals surface area contributed by atoms with Gasteiger partial charge in [0.05, 0.1) is 0 Å². The van der Waals surface area contributed by atoms with Gasteiger partial charge >= 0.3 is 0 Å². The Kier molecular flexibility index (Phi) is 2.92. The summed E-state index contributed by atoms with van der Waals surface area (Å²) in [5.41, 5.74) is 2.55. The Morgan fingerprint density at radius 3 is 2.79 bits per heavy atom. The fourth-order valence-electron chi connectivity index (χ4n) is 1.48. The average molecular weight is 183 g/mol. The number of rotatable bonds is 2. The maximum absolute atomic E-state index is 4.39. The zero-order valence-corrected chi connectivity index (χ0v) is 8.06. The largest absolute Gasteiger partial charge is 0.265 e. The molecule has 14 heavy (non-hydrogen) atoms. The van der Waals surface area contributed by atoms with E-state index in [4.69, 9.17) is 0 Å². The van der Waals surface area contributed by atoms with E-state index >= 15 is 0 Å². The molecule has 0 fully saturated rings. The number of benzene rings is 1. The Labute approximate surface area is 84.5 Å². The summed E-state index contributed by atoms with van der Waals surface area (Å²) in [7, 11) is 0. The second-order valence-electron chi connectivity index (χ2n) is 3.33. The summed E-state index contributed by atoms with van der Waals surface area (Å²) < 4.78 is 0. The second kappa shape index (κ2) is 4.56. The molecule has 1 nitrogen and oxygen atoms in total. The molecule has 0 bridgehead atoms. The fraction of sp³-hybridized carbons (Fsp3) is 0.154. The van der Waals surface area contributed by atoms with Crippen molar-refractivity contribution in [2.75, 3.05) is 0 Å². The van der Waals surface area contributed by atoms with E-state index in [0.717, 1.165) is 12.8 Å². The first kappa shape index (κ1) is 8.95. The first-order valence-corrected chi connectivity index (χ1v) is 4.86. The van der Waals surface area contributed by atoms with Crippen LogP contribution in [0.25, 0.3) is 0 Å². The monoisotopic (exact) mass is 183 g/mol. The van der Waals surface area contributed by atoms with Gasteiger partial charge in [-0.15, -0.1) is 0 Å². The molecule has 1 aromatic rings. The average Bonchev–Trinajstić information content (AvgIpc) is 2.48. The van der Waals surface area contributed by atoms with Crippen LogP contribution in [0.1, 0.15) is 12.0 Å². The van der Waals surface area contributed by atoms with Crippen LogP contribution >= 0.6 is 0 Å². The van der Waals surface area contributed by atoms with E-state index in [0.29, 0.717) is 0 Å². The predicted molar refractivity (Wildman–Crippen MR) is 60.5 cm³/mol. The molecule has 1 heterocycles. The highest BCUT2D eigenvalue weighted by Crippen LogP contribution is 2.06. The molecule has 2 rings (SSSR count). The van der Waals surface area contributed by atoms with Crippen molar-refractivity contribution in [1.29, 1.82) is 0 Å². The van der Waals surface area contributed by atoms with Gasteiger partial charge in [0.1, 0.15) is 0 Å². The SMILES string of the molecule is C1=CCC(Cc2ccccc2)=NC=C1. The second-order valence-corrected chi connectivity index (χ2v) is 3.33.